The van der Waals surface area contributed by atoms with Crippen LogP contribution in [0.4, 0.5) is 0 Å². The van der Waals surface area contributed by atoms with E-state index >= 15 is 0 Å². The molecule has 2 rings (SSSR count). The van der Waals surface area contributed by atoms with E-state index in [1.54, 1.807) is 0 Å². The van der Waals surface area contributed by atoms with Gasteiger partial charge in [0.15, 0.2) is 0 Å². The molecule has 0 aliphatic carbocycles. The molecule has 2 N–H and O–H groups in total. The first-order valence-corrected chi connectivity index (χ1v) is 9.92. The molecule has 0 bridgehead atoms. The van der Waals surface area contributed by atoms with E-state index in [0.717, 1.165) is 30.6 Å². The Morgan fingerprint density at radius 2 is 1.89 bits per heavy atom. The van der Waals surface area contributed by atoms with Crippen molar-refractivity contribution in [2.75, 3.05) is 32.8 Å². The second-order valence-corrected chi connectivity index (χ2v) is 7.46. The normalized spacial score (nSPS) is 13.5. The lowest BCUT2D eigenvalue weighted by Gasteiger charge is -2.28. The second-order valence-electron chi connectivity index (χ2n) is 7.46. The number of nitrogens with one attached hydrogen (secondary N) is 2. The number of ether oxygens (including phenoxy) is 1. The number of likely N-dealkylation sites (tertiary alicyclic amines) is 1. The molecule has 0 spiro atoms. The maximum Gasteiger partial charge on any atom is 0.246 e. The highest BCUT2D eigenvalue weighted by atomic mass is 16.5. The Hall–Kier alpha value is -2.25. The zero-order valence-electron chi connectivity index (χ0n) is 16.8. The fraction of sp³-hybridized carbons (Fsp3) is 0.571. The first-order valence-electron chi connectivity index (χ1n) is 9.92. The Labute approximate surface area is 166 Å². The largest absolute Gasteiger partial charge is 0.372 e. The molecule has 1 heterocycles. The molecule has 1 aliphatic heterocycles. The highest BCUT2D eigenvalue weighted by Crippen LogP contribution is 2.12. The van der Waals surface area contributed by atoms with Gasteiger partial charge in [-0.3, -0.25) is 19.3 Å². The predicted octanol–water partition coefficient (Wildman–Crippen LogP) is 1.26. The van der Waals surface area contributed by atoms with Crippen molar-refractivity contribution in [3.05, 3.63) is 35.4 Å². The zero-order valence-corrected chi connectivity index (χ0v) is 16.8. The van der Waals surface area contributed by atoms with Gasteiger partial charge in [-0.2, -0.15) is 0 Å². The minimum absolute atomic E-state index is 0.0562. The van der Waals surface area contributed by atoms with Gasteiger partial charge in [-0.1, -0.05) is 38.1 Å². The van der Waals surface area contributed by atoms with E-state index in [2.05, 4.69) is 24.5 Å². The van der Waals surface area contributed by atoms with Crippen molar-refractivity contribution < 1.29 is 19.1 Å². The summed E-state index contributed by atoms with van der Waals surface area (Å²) >= 11 is 0. The molecule has 1 saturated heterocycles. The van der Waals surface area contributed by atoms with Crippen molar-refractivity contribution in [2.45, 2.75) is 39.7 Å². The summed E-state index contributed by atoms with van der Waals surface area (Å²) < 4.78 is 5.38. The third kappa shape index (κ3) is 7.78. The maximum absolute atomic E-state index is 11.9. The van der Waals surface area contributed by atoms with Gasteiger partial charge in [0, 0.05) is 26.1 Å². The van der Waals surface area contributed by atoms with Crippen molar-refractivity contribution in [1.82, 2.24) is 15.5 Å². The molecule has 1 aromatic rings. The van der Waals surface area contributed by atoms with Crippen molar-refractivity contribution in [3.63, 3.8) is 0 Å². The highest BCUT2D eigenvalue weighted by Gasteiger charge is 2.29. The van der Waals surface area contributed by atoms with Crippen LogP contribution in [0, 0.1) is 5.92 Å². The smallest absolute Gasteiger partial charge is 0.246 e. The summed E-state index contributed by atoms with van der Waals surface area (Å²) in [4.78, 5) is 36.3. The van der Waals surface area contributed by atoms with Crippen LogP contribution in [-0.2, 0) is 32.1 Å². The molecule has 0 unspecified atom stereocenters. The number of benzene rings is 1. The Morgan fingerprint density at radius 3 is 2.50 bits per heavy atom. The number of carbonyl (C=O) groups excluding carboxylic acids is 3. The summed E-state index contributed by atoms with van der Waals surface area (Å²) in [6.07, 6.45) is 1.56. The van der Waals surface area contributed by atoms with E-state index in [0.29, 0.717) is 32.0 Å². The second kappa shape index (κ2) is 11.6. The molecule has 154 valence electrons. The van der Waals surface area contributed by atoms with Crippen molar-refractivity contribution >= 4 is 17.7 Å². The van der Waals surface area contributed by atoms with E-state index in [9.17, 15) is 14.4 Å². The Kier molecular flexibility index (Phi) is 9.10. The molecule has 0 saturated carbocycles. The number of carbonyl (C=O) groups is 3. The summed E-state index contributed by atoms with van der Waals surface area (Å²) in [6, 6.07) is 7.46. The monoisotopic (exact) mass is 389 g/mol. The molecule has 28 heavy (non-hydrogen) atoms. The molecule has 0 aromatic heterocycles. The summed E-state index contributed by atoms with van der Waals surface area (Å²) in [5.41, 5.74) is 1.80. The minimum atomic E-state index is -0.158. The van der Waals surface area contributed by atoms with Gasteiger partial charge in [-0.05, 0) is 36.6 Å². The zero-order chi connectivity index (χ0) is 20.4. The molecule has 3 amide bonds. The van der Waals surface area contributed by atoms with E-state index < -0.39 is 0 Å². The minimum Gasteiger partial charge on any atom is -0.372 e. The first-order chi connectivity index (χ1) is 13.5. The molecule has 7 nitrogen and oxygen atoms in total. The third-order valence-corrected chi connectivity index (χ3v) is 4.45. The van der Waals surface area contributed by atoms with E-state index in [4.69, 9.17) is 4.74 Å². The first kappa shape index (κ1) is 22.0. The SMILES string of the molecule is CC(C)CNCCCOCC(=O)NCc1ccc(CC(=O)N2CCC2=O)cc1. The summed E-state index contributed by atoms with van der Waals surface area (Å²) in [5, 5.41) is 6.15. The molecule has 1 fully saturated rings. The van der Waals surface area contributed by atoms with Crippen molar-refractivity contribution in [1.29, 1.82) is 0 Å². The fourth-order valence-electron chi connectivity index (χ4n) is 2.73. The lowest BCUT2D eigenvalue weighted by molar-refractivity contribution is -0.151. The quantitative estimate of drug-likeness (QED) is 0.415. The van der Waals surface area contributed by atoms with Crippen LogP contribution in [-0.4, -0.2) is 55.5 Å². The van der Waals surface area contributed by atoms with Crippen LogP contribution in [0.1, 0.15) is 37.8 Å². The Balaban J connectivity index is 1.57. The maximum atomic E-state index is 11.9. The number of imide groups is 1. The molecular formula is C21H31N3O4. The van der Waals surface area contributed by atoms with Gasteiger partial charge in [0.1, 0.15) is 6.61 Å². The van der Waals surface area contributed by atoms with Gasteiger partial charge in [0.2, 0.25) is 17.7 Å². The van der Waals surface area contributed by atoms with E-state index in [1.807, 2.05) is 24.3 Å². The van der Waals surface area contributed by atoms with Crippen molar-refractivity contribution in [2.24, 2.45) is 5.92 Å². The number of rotatable bonds is 12. The van der Waals surface area contributed by atoms with Crippen LogP contribution in [0.15, 0.2) is 24.3 Å². The van der Waals surface area contributed by atoms with Crippen LogP contribution < -0.4 is 10.6 Å². The molecule has 1 aliphatic rings. The third-order valence-electron chi connectivity index (χ3n) is 4.45. The Morgan fingerprint density at radius 1 is 1.18 bits per heavy atom. The van der Waals surface area contributed by atoms with E-state index in [-0.39, 0.29) is 30.7 Å². The topological polar surface area (TPSA) is 87.7 Å². The van der Waals surface area contributed by atoms with Crippen LogP contribution in [0.5, 0.6) is 0 Å². The summed E-state index contributed by atoms with van der Waals surface area (Å²) in [5.74, 6) is 0.226. The average molecular weight is 389 g/mol. The molecule has 1 aromatic carbocycles. The van der Waals surface area contributed by atoms with Crippen LogP contribution in [0.25, 0.3) is 0 Å². The number of β-lactam (4-membered cyclic amide) rings is 1. The highest BCUT2D eigenvalue weighted by molar-refractivity contribution is 6.00. The molecule has 7 heteroatoms. The lowest BCUT2D eigenvalue weighted by atomic mass is 10.1. The summed E-state index contributed by atoms with van der Waals surface area (Å²) in [7, 11) is 0. The lowest BCUT2D eigenvalue weighted by Crippen LogP contribution is -2.48. The van der Waals surface area contributed by atoms with Crippen LogP contribution in [0.3, 0.4) is 0 Å². The van der Waals surface area contributed by atoms with Gasteiger partial charge in [-0.15, -0.1) is 0 Å². The number of hydrogen-bond donors (Lipinski definition) is 2. The summed E-state index contributed by atoms with van der Waals surface area (Å²) in [6.45, 7) is 7.76. The predicted molar refractivity (Wildman–Crippen MR) is 106 cm³/mol. The van der Waals surface area contributed by atoms with Crippen LogP contribution in [0.2, 0.25) is 0 Å². The molecular weight excluding hydrogens is 358 g/mol. The average Bonchev–Trinajstić information content (AvgIpc) is 2.65. The fourth-order valence-corrected chi connectivity index (χ4v) is 2.73. The molecule has 0 atom stereocenters. The van der Waals surface area contributed by atoms with Gasteiger partial charge in [0.05, 0.1) is 6.42 Å². The van der Waals surface area contributed by atoms with Crippen LogP contribution >= 0.6 is 0 Å². The van der Waals surface area contributed by atoms with Gasteiger partial charge >= 0.3 is 0 Å². The standard InChI is InChI=1S/C21H31N3O4/c1-16(2)13-22-9-3-11-28-15-19(25)23-14-18-6-4-17(5-7-18)12-21(27)24-10-8-20(24)26/h4-7,16,22H,3,8-15H2,1-2H3,(H,23,25). The number of amides is 3. The Bertz CT molecular complexity index is 658. The van der Waals surface area contributed by atoms with E-state index in [1.165, 1.54) is 4.90 Å². The van der Waals surface area contributed by atoms with Crippen molar-refractivity contribution in [3.8, 4) is 0 Å². The van der Waals surface area contributed by atoms with Gasteiger partial charge in [0.25, 0.3) is 0 Å². The van der Waals surface area contributed by atoms with Gasteiger partial charge < -0.3 is 15.4 Å². The van der Waals surface area contributed by atoms with Gasteiger partial charge in [-0.25, -0.2) is 0 Å². The number of nitrogens with zero attached hydrogens (tertiary/aromatic N) is 1. The number of hydrogen-bond acceptors (Lipinski definition) is 5. The molecule has 0 radical (unpaired) electrons.